The first-order valence-electron chi connectivity index (χ1n) is 5.48. The number of nitrogens with zero attached hydrogens (tertiary/aromatic N) is 1. The molecule has 0 bridgehead atoms. The van der Waals surface area contributed by atoms with E-state index in [4.69, 9.17) is 10.00 Å². The average Bonchev–Trinajstić information content (AvgIpc) is 2.20. The van der Waals surface area contributed by atoms with Crippen molar-refractivity contribution < 1.29 is 9.53 Å². The second kappa shape index (κ2) is 5.78. The van der Waals surface area contributed by atoms with Crippen molar-refractivity contribution in [3.63, 3.8) is 0 Å². The summed E-state index contributed by atoms with van der Waals surface area (Å²) in [5.74, 6) is 0. The van der Waals surface area contributed by atoms with Crippen molar-refractivity contribution in [3.05, 3.63) is 23.8 Å². The number of benzene rings is 1. The lowest BCUT2D eigenvalue weighted by molar-refractivity contribution is 0.0636. The number of nitriles is 1. The Hall–Kier alpha value is -1.67. The second-order valence-corrected chi connectivity index (χ2v) is 5.66. The Morgan fingerprint density at radius 2 is 2.11 bits per heavy atom. The third kappa shape index (κ3) is 4.68. The minimum atomic E-state index is -0.519. The van der Waals surface area contributed by atoms with Gasteiger partial charge < -0.3 is 4.74 Å². The third-order valence-electron chi connectivity index (χ3n) is 2.00. The van der Waals surface area contributed by atoms with Gasteiger partial charge in [-0.15, -0.1) is 0 Å². The van der Waals surface area contributed by atoms with Crippen LogP contribution in [0.1, 0.15) is 26.3 Å². The summed E-state index contributed by atoms with van der Waals surface area (Å²) in [6.07, 6.45) is -0.480. The van der Waals surface area contributed by atoms with Crippen molar-refractivity contribution in [2.45, 2.75) is 38.2 Å². The van der Waals surface area contributed by atoms with Gasteiger partial charge in [0.15, 0.2) is 0 Å². The van der Waals surface area contributed by atoms with E-state index < -0.39 is 11.7 Å². The number of rotatable bonds is 2. The van der Waals surface area contributed by atoms with E-state index in [1.165, 1.54) is 0 Å². The summed E-state index contributed by atoms with van der Waals surface area (Å²) < 4.78 is 5.17. The van der Waals surface area contributed by atoms with E-state index in [9.17, 15) is 4.79 Å². The number of carbonyl (C=O) groups is 1. The van der Waals surface area contributed by atoms with Gasteiger partial charge in [0.05, 0.1) is 0 Å². The van der Waals surface area contributed by atoms with Crippen LogP contribution in [0, 0.1) is 17.6 Å². The lowest BCUT2D eigenvalue weighted by Gasteiger charge is -2.20. The van der Waals surface area contributed by atoms with Gasteiger partial charge in [-0.2, -0.15) is 5.26 Å². The predicted molar refractivity (Wildman–Crippen MR) is 72.5 cm³/mol. The van der Waals surface area contributed by atoms with E-state index in [2.05, 4.69) is 5.32 Å². The molecule has 0 radical (unpaired) electrons. The van der Waals surface area contributed by atoms with Crippen LogP contribution in [0.25, 0.3) is 0 Å². The van der Waals surface area contributed by atoms with Crippen LogP contribution in [0.5, 0.6) is 0 Å². The minimum absolute atomic E-state index is 0.480. The van der Waals surface area contributed by atoms with Crippen LogP contribution in [0.2, 0.25) is 0 Å². The van der Waals surface area contributed by atoms with Crippen molar-refractivity contribution in [2.24, 2.45) is 0 Å². The van der Waals surface area contributed by atoms with Gasteiger partial charge in [0.2, 0.25) is 0 Å². The summed E-state index contributed by atoms with van der Waals surface area (Å²) in [6, 6.07) is 5.40. The fourth-order valence-corrected chi connectivity index (χ4v) is 1.78. The highest BCUT2D eigenvalue weighted by Crippen LogP contribution is 2.23. The molecule has 1 amide bonds. The number of carbonyl (C=O) groups excluding carboxylic acids is 1. The number of anilines is 1. The summed E-state index contributed by atoms with van der Waals surface area (Å²) in [5, 5.41) is 13.3. The summed E-state index contributed by atoms with van der Waals surface area (Å²) in [4.78, 5) is 12.5. The molecular formula is C13H16N2O2S. The van der Waals surface area contributed by atoms with E-state index in [1.807, 2.05) is 39.2 Å². The molecule has 0 spiro atoms. The highest BCUT2D eigenvalue weighted by molar-refractivity contribution is 8.03. The molecule has 4 nitrogen and oxygen atoms in total. The van der Waals surface area contributed by atoms with Crippen molar-refractivity contribution in [1.82, 2.24) is 0 Å². The fraction of sp³-hybridized carbons (Fsp3) is 0.385. The first-order chi connectivity index (χ1) is 8.31. The molecule has 0 aromatic heterocycles. The molecule has 0 aliphatic heterocycles. The van der Waals surface area contributed by atoms with E-state index >= 15 is 0 Å². The van der Waals surface area contributed by atoms with Gasteiger partial charge in [-0.3, -0.25) is 5.32 Å². The molecule has 0 saturated carbocycles. The van der Waals surface area contributed by atoms with Crippen LogP contribution in [-0.4, -0.2) is 11.7 Å². The molecule has 0 atom stereocenters. The molecule has 0 heterocycles. The largest absolute Gasteiger partial charge is 0.444 e. The van der Waals surface area contributed by atoms with E-state index in [-0.39, 0.29) is 0 Å². The van der Waals surface area contributed by atoms with Gasteiger partial charge >= 0.3 is 6.09 Å². The zero-order valence-electron chi connectivity index (χ0n) is 10.9. The van der Waals surface area contributed by atoms with Crippen molar-refractivity contribution >= 4 is 23.5 Å². The van der Waals surface area contributed by atoms with Gasteiger partial charge in [-0.25, -0.2) is 4.79 Å². The summed E-state index contributed by atoms with van der Waals surface area (Å²) >= 11 is 1.09. The standard InChI is InChI=1S/C13H16N2O2S/c1-9-7-10(18-8-14)5-6-11(9)15-12(16)17-13(2,3)4/h5-7H,1-4H3,(H,15,16). The van der Waals surface area contributed by atoms with Crippen LogP contribution in [0.4, 0.5) is 10.5 Å². The van der Waals surface area contributed by atoms with Crippen molar-refractivity contribution in [1.29, 1.82) is 5.26 Å². The number of hydrogen-bond donors (Lipinski definition) is 1. The average molecular weight is 264 g/mol. The first kappa shape index (κ1) is 14.4. The normalized spacial score (nSPS) is 10.6. The SMILES string of the molecule is Cc1cc(SC#N)ccc1NC(=O)OC(C)(C)C. The Bertz CT molecular complexity index is 487. The molecule has 1 aromatic rings. The lowest BCUT2D eigenvalue weighted by atomic mass is 10.2. The number of nitrogens with one attached hydrogen (secondary N) is 1. The highest BCUT2D eigenvalue weighted by Gasteiger charge is 2.16. The third-order valence-corrected chi connectivity index (χ3v) is 2.58. The number of ether oxygens (including phenoxy) is 1. The number of hydrogen-bond acceptors (Lipinski definition) is 4. The van der Waals surface area contributed by atoms with Gasteiger partial charge in [-0.05, 0) is 63.2 Å². The predicted octanol–water partition coefficient (Wildman–Crippen LogP) is 3.92. The van der Waals surface area contributed by atoms with Gasteiger partial charge in [-0.1, -0.05) is 0 Å². The maximum absolute atomic E-state index is 11.6. The molecule has 0 unspecified atom stereocenters. The zero-order chi connectivity index (χ0) is 13.8. The molecule has 1 aromatic carbocycles. The zero-order valence-corrected chi connectivity index (χ0v) is 11.7. The molecule has 18 heavy (non-hydrogen) atoms. The highest BCUT2D eigenvalue weighted by atomic mass is 32.2. The molecule has 1 N–H and O–H groups in total. The molecule has 0 saturated heterocycles. The molecular weight excluding hydrogens is 248 g/mol. The number of thioether (sulfide) groups is 1. The Morgan fingerprint density at radius 1 is 1.44 bits per heavy atom. The maximum Gasteiger partial charge on any atom is 0.412 e. The number of aryl methyl sites for hydroxylation is 1. The molecule has 96 valence electrons. The number of amides is 1. The Balaban J connectivity index is 2.74. The number of thiocyanates is 1. The van der Waals surface area contributed by atoms with Gasteiger partial charge in [0.25, 0.3) is 0 Å². The smallest absolute Gasteiger partial charge is 0.412 e. The Morgan fingerprint density at radius 3 is 2.61 bits per heavy atom. The monoisotopic (exact) mass is 264 g/mol. The van der Waals surface area contributed by atoms with Crippen LogP contribution >= 0.6 is 11.8 Å². The molecule has 5 heteroatoms. The Kier molecular flexibility index (Phi) is 4.62. The van der Waals surface area contributed by atoms with Crippen LogP contribution in [-0.2, 0) is 4.74 Å². The van der Waals surface area contributed by atoms with E-state index in [1.54, 1.807) is 12.1 Å². The molecule has 0 aliphatic rings. The quantitative estimate of drug-likeness (QED) is 0.649. The van der Waals surface area contributed by atoms with Crippen LogP contribution < -0.4 is 5.32 Å². The van der Waals surface area contributed by atoms with Crippen molar-refractivity contribution in [2.75, 3.05) is 5.32 Å². The van der Waals surface area contributed by atoms with E-state index in [0.29, 0.717) is 5.69 Å². The van der Waals surface area contributed by atoms with Crippen molar-refractivity contribution in [3.8, 4) is 5.40 Å². The molecule has 0 fully saturated rings. The Labute approximate surface area is 111 Å². The topological polar surface area (TPSA) is 62.1 Å². The fourth-order valence-electron chi connectivity index (χ4n) is 1.31. The molecule has 0 aliphatic carbocycles. The van der Waals surface area contributed by atoms with Crippen LogP contribution in [0.3, 0.4) is 0 Å². The van der Waals surface area contributed by atoms with Gasteiger partial charge in [0, 0.05) is 10.6 Å². The summed E-state index contributed by atoms with van der Waals surface area (Å²) in [6.45, 7) is 7.30. The minimum Gasteiger partial charge on any atom is -0.444 e. The van der Waals surface area contributed by atoms with Crippen LogP contribution in [0.15, 0.2) is 23.1 Å². The van der Waals surface area contributed by atoms with E-state index in [0.717, 1.165) is 22.2 Å². The first-order valence-corrected chi connectivity index (χ1v) is 6.30. The summed E-state index contributed by atoms with van der Waals surface area (Å²) in [5.41, 5.74) is 1.06. The molecule has 1 rings (SSSR count). The maximum atomic E-state index is 11.6. The summed E-state index contributed by atoms with van der Waals surface area (Å²) in [7, 11) is 0. The van der Waals surface area contributed by atoms with Gasteiger partial charge in [0.1, 0.15) is 11.0 Å². The second-order valence-electron chi connectivity index (χ2n) is 4.80. The lowest BCUT2D eigenvalue weighted by Crippen LogP contribution is -2.27.